The van der Waals surface area contributed by atoms with Crippen molar-refractivity contribution in [2.45, 2.75) is 52.0 Å². The van der Waals surface area contributed by atoms with Gasteiger partial charge in [0.15, 0.2) is 5.82 Å². The Hall–Kier alpha value is -1.95. The zero-order valence-electron chi connectivity index (χ0n) is 14.6. The maximum absolute atomic E-state index is 5.90. The molecule has 126 valence electrons. The van der Waals surface area contributed by atoms with Crippen molar-refractivity contribution in [3.8, 4) is 0 Å². The Morgan fingerprint density at radius 3 is 2.70 bits per heavy atom. The lowest BCUT2D eigenvalue weighted by Gasteiger charge is -2.31. The molecule has 2 aromatic rings. The van der Waals surface area contributed by atoms with Gasteiger partial charge in [-0.2, -0.15) is 4.98 Å². The number of hydrogen-bond donors (Lipinski definition) is 3. The number of nitrogens with one attached hydrogen (secondary N) is 2. The lowest BCUT2D eigenvalue weighted by atomic mass is 9.94. The van der Waals surface area contributed by atoms with Crippen LogP contribution in [0, 0.1) is 0 Å². The molecule has 0 bridgehead atoms. The van der Waals surface area contributed by atoms with Crippen LogP contribution in [0.3, 0.4) is 0 Å². The Morgan fingerprint density at radius 2 is 2.04 bits per heavy atom. The molecule has 0 saturated carbocycles. The number of hydrogen-bond acceptors (Lipinski definition) is 6. The number of pyridine rings is 1. The number of fused-ring (bicyclic) bond motifs is 1. The molecule has 2 aromatic heterocycles. The summed E-state index contributed by atoms with van der Waals surface area (Å²) in [5, 5.41) is 6.82. The third-order valence-electron chi connectivity index (χ3n) is 4.09. The van der Waals surface area contributed by atoms with Crippen molar-refractivity contribution in [1.82, 2.24) is 20.3 Å². The first-order chi connectivity index (χ1) is 11.0. The lowest BCUT2D eigenvalue weighted by Crippen LogP contribution is -2.44. The monoisotopic (exact) mass is 316 g/mol. The van der Waals surface area contributed by atoms with Crippen molar-refractivity contribution in [1.29, 1.82) is 0 Å². The molecule has 4 N–H and O–H groups in total. The van der Waals surface area contributed by atoms with Crippen LogP contribution in [0.15, 0.2) is 12.3 Å². The molecule has 0 aliphatic heterocycles. The molecule has 6 heteroatoms. The van der Waals surface area contributed by atoms with Gasteiger partial charge in [0.05, 0.1) is 5.52 Å². The van der Waals surface area contributed by atoms with Crippen molar-refractivity contribution in [2.24, 2.45) is 0 Å². The van der Waals surface area contributed by atoms with Crippen LogP contribution in [0.4, 0.5) is 11.8 Å². The molecule has 0 aliphatic rings. The van der Waals surface area contributed by atoms with Gasteiger partial charge in [0.1, 0.15) is 5.52 Å². The summed E-state index contributed by atoms with van der Waals surface area (Å²) in [4.78, 5) is 13.3. The number of rotatable bonds is 8. The number of anilines is 2. The largest absolute Gasteiger partial charge is 0.368 e. The Morgan fingerprint density at radius 1 is 1.26 bits per heavy atom. The smallest absolute Gasteiger partial charge is 0.222 e. The predicted octanol–water partition coefficient (Wildman–Crippen LogP) is 2.75. The average Bonchev–Trinajstić information content (AvgIpc) is 2.52. The van der Waals surface area contributed by atoms with Crippen LogP contribution in [-0.2, 0) is 6.42 Å². The van der Waals surface area contributed by atoms with Gasteiger partial charge in [-0.3, -0.25) is 4.98 Å². The SMILES string of the molecule is CCCCC(C)(CNC)Nc1nc(N)nc2cc(CC)cnc12. The van der Waals surface area contributed by atoms with Crippen molar-refractivity contribution < 1.29 is 0 Å². The van der Waals surface area contributed by atoms with E-state index in [2.05, 4.69) is 46.4 Å². The van der Waals surface area contributed by atoms with Gasteiger partial charge >= 0.3 is 0 Å². The summed E-state index contributed by atoms with van der Waals surface area (Å²) in [6.07, 6.45) is 6.16. The second-order valence-electron chi connectivity index (χ2n) is 6.31. The zero-order valence-corrected chi connectivity index (χ0v) is 14.6. The van der Waals surface area contributed by atoms with E-state index in [0.29, 0.717) is 5.82 Å². The van der Waals surface area contributed by atoms with E-state index in [0.717, 1.165) is 48.8 Å². The molecule has 1 atom stereocenters. The van der Waals surface area contributed by atoms with Crippen LogP contribution in [0.2, 0.25) is 0 Å². The van der Waals surface area contributed by atoms with Gasteiger partial charge in [-0.05, 0) is 38.4 Å². The maximum atomic E-state index is 5.90. The Kier molecular flexibility index (Phi) is 5.71. The van der Waals surface area contributed by atoms with E-state index in [4.69, 9.17) is 5.73 Å². The number of likely N-dealkylation sites (N-methyl/N-ethyl adjacent to an activating group) is 1. The van der Waals surface area contributed by atoms with E-state index in [9.17, 15) is 0 Å². The average molecular weight is 316 g/mol. The molecule has 1 unspecified atom stereocenters. The summed E-state index contributed by atoms with van der Waals surface area (Å²) in [5.41, 5.74) is 8.51. The van der Waals surface area contributed by atoms with Crippen LogP contribution in [-0.4, -0.2) is 34.1 Å². The summed E-state index contributed by atoms with van der Waals surface area (Å²) in [5.74, 6) is 0.987. The topological polar surface area (TPSA) is 88.8 Å². The van der Waals surface area contributed by atoms with E-state index in [-0.39, 0.29) is 11.5 Å². The number of nitrogen functional groups attached to an aromatic ring is 1. The van der Waals surface area contributed by atoms with Crippen LogP contribution in [0.25, 0.3) is 11.0 Å². The first-order valence-electron chi connectivity index (χ1n) is 8.36. The van der Waals surface area contributed by atoms with Crippen molar-refractivity contribution in [3.05, 3.63) is 17.8 Å². The van der Waals surface area contributed by atoms with Crippen molar-refractivity contribution >= 4 is 22.8 Å². The normalized spacial score (nSPS) is 13.9. The maximum Gasteiger partial charge on any atom is 0.222 e. The van der Waals surface area contributed by atoms with Gasteiger partial charge in [-0.15, -0.1) is 0 Å². The lowest BCUT2D eigenvalue weighted by molar-refractivity contribution is 0.433. The Balaban J connectivity index is 2.40. The number of nitrogens with zero attached hydrogens (tertiary/aromatic N) is 3. The molecule has 0 amide bonds. The van der Waals surface area contributed by atoms with E-state index in [1.807, 2.05) is 19.3 Å². The van der Waals surface area contributed by atoms with E-state index < -0.39 is 0 Å². The van der Waals surface area contributed by atoms with Gasteiger partial charge in [-0.1, -0.05) is 26.7 Å². The van der Waals surface area contributed by atoms with E-state index in [1.165, 1.54) is 0 Å². The highest BCUT2D eigenvalue weighted by atomic mass is 15.1. The van der Waals surface area contributed by atoms with Gasteiger partial charge in [-0.25, -0.2) is 4.98 Å². The first-order valence-corrected chi connectivity index (χ1v) is 8.36. The number of unbranched alkanes of at least 4 members (excludes halogenated alkanes) is 1. The second kappa shape index (κ2) is 7.55. The summed E-state index contributed by atoms with van der Waals surface area (Å²) >= 11 is 0. The number of aryl methyl sites for hydroxylation is 1. The third-order valence-corrected chi connectivity index (χ3v) is 4.09. The molecule has 0 spiro atoms. The second-order valence-corrected chi connectivity index (χ2v) is 6.31. The van der Waals surface area contributed by atoms with Gasteiger partial charge in [0.2, 0.25) is 5.95 Å². The molecular weight excluding hydrogens is 288 g/mol. The molecular formula is C17H28N6. The van der Waals surface area contributed by atoms with Crippen LogP contribution in [0.5, 0.6) is 0 Å². The molecule has 0 saturated heterocycles. The highest BCUT2D eigenvalue weighted by molar-refractivity contribution is 5.86. The quantitative estimate of drug-likeness (QED) is 0.694. The zero-order chi connectivity index (χ0) is 16.9. The fourth-order valence-electron chi connectivity index (χ4n) is 2.80. The standard InChI is InChI=1S/C17H28N6/c1-5-7-8-17(3,11-19-4)23-15-14-13(21-16(18)22-15)9-12(6-2)10-20-14/h9-10,19H,5-8,11H2,1-4H3,(H3,18,21,22,23). The number of nitrogens with two attached hydrogens (primary N) is 1. The first kappa shape index (κ1) is 17.4. The highest BCUT2D eigenvalue weighted by Crippen LogP contribution is 2.25. The summed E-state index contributed by atoms with van der Waals surface area (Å²) in [6.45, 7) is 7.34. The molecule has 2 rings (SSSR count). The minimum absolute atomic E-state index is 0.108. The number of aromatic nitrogens is 3. The van der Waals surface area contributed by atoms with E-state index in [1.54, 1.807) is 0 Å². The molecule has 0 aromatic carbocycles. The van der Waals surface area contributed by atoms with E-state index >= 15 is 0 Å². The molecule has 0 aliphatic carbocycles. The minimum atomic E-state index is -0.108. The van der Waals surface area contributed by atoms with Crippen LogP contribution in [0.1, 0.15) is 45.6 Å². The Labute approximate surface area is 138 Å². The van der Waals surface area contributed by atoms with Crippen molar-refractivity contribution in [2.75, 3.05) is 24.6 Å². The highest BCUT2D eigenvalue weighted by Gasteiger charge is 2.24. The third kappa shape index (κ3) is 4.28. The van der Waals surface area contributed by atoms with Gasteiger partial charge in [0, 0.05) is 18.3 Å². The van der Waals surface area contributed by atoms with Gasteiger partial charge in [0.25, 0.3) is 0 Å². The summed E-state index contributed by atoms with van der Waals surface area (Å²) in [7, 11) is 1.96. The predicted molar refractivity (Wildman–Crippen MR) is 96.6 cm³/mol. The molecule has 6 nitrogen and oxygen atoms in total. The molecule has 2 heterocycles. The van der Waals surface area contributed by atoms with Gasteiger partial charge < -0.3 is 16.4 Å². The fourth-order valence-corrected chi connectivity index (χ4v) is 2.80. The summed E-state index contributed by atoms with van der Waals surface area (Å²) in [6, 6.07) is 2.03. The summed E-state index contributed by atoms with van der Waals surface area (Å²) < 4.78 is 0. The molecule has 0 fully saturated rings. The Bertz CT molecular complexity index is 657. The van der Waals surface area contributed by atoms with Crippen molar-refractivity contribution in [3.63, 3.8) is 0 Å². The fraction of sp³-hybridized carbons (Fsp3) is 0.588. The molecule has 0 radical (unpaired) electrons. The molecule has 23 heavy (non-hydrogen) atoms. The van der Waals surface area contributed by atoms with Crippen LogP contribution >= 0.6 is 0 Å². The van der Waals surface area contributed by atoms with Crippen LogP contribution < -0.4 is 16.4 Å². The minimum Gasteiger partial charge on any atom is -0.368 e.